The van der Waals surface area contributed by atoms with Crippen LogP contribution in [-0.4, -0.2) is 23.0 Å². The minimum absolute atomic E-state index is 0.0241. The molecule has 2 N–H and O–H groups in total. The van der Waals surface area contributed by atoms with Gasteiger partial charge in [0.15, 0.2) is 0 Å². The minimum Gasteiger partial charge on any atom is -0.480 e. The second-order valence-corrected chi connectivity index (χ2v) is 5.23. The molecule has 1 atom stereocenters. The van der Waals surface area contributed by atoms with E-state index in [1.54, 1.807) is 0 Å². The predicted molar refractivity (Wildman–Crippen MR) is 70.3 cm³/mol. The Hall–Kier alpha value is -1.06. The molecule has 0 heterocycles. The molecule has 0 spiro atoms. The lowest BCUT2D eigenvalue weighted by molar-refractivity contribution is -0.142. The molecule has 4 heteroatoms. The van der Waals surface area contributed by atoms with E-state index in [0.29, 0.717) is 6.42 Å². The maximum absolute atomic E-state index is 12.1. The van der Waals surface area contributed by atoms with Gasteiger partial charge in [-0.3, -0.25) is 4.79 Å². The molecule has 0 aromatic heterocycles. The summed E-state index contributed by atoms with van der Waals surface area (Å²) in [6.45, 7) is 2.02. The third kappa shape index (κ3) is 5.07. The zero-order valence-corrected chi connectivity index (χ0v) is 11.3. The number of hydrogen-bond donors (Lipinski definition) is 2. The van der Waals surface area contributed by atoms with E-state index in [4.69, 9.17) is 5.11 Å². The van der Waals surface area contributed by atoms with Gasteiger partial charge >= 0.3 is 5.97 Å². The molecule has 0 aromatic rings. The summed E-state index contributed by atoms with van der Waals surface area (Å²) in [6.07, 6.45) is 8.70. The molecular weight excluding hydrogens is 230 g/mol. The number of carbonyl (C=O) groups is 2. The van der Waals surface area contributed by atoms with Crippen molar-refractivity contribution in [1.29, 1.82) is 0 Å². The Balaban J connectivity index is 2.45. The first kappa shape index (κ1) is 15.0. The van der Waals surface area contributed by atoms with Gasteiger partial charge in [0.25, 0.3) is 0 Å². The normalized spacial score (nSPS) is 18.9. The first-order chi connectivity index (χ1) is 8.65. The number of hydrogen-bond acceptors (Lipinski definition) is 2. The van der Waals surface area contributed by atoms with E-state index in [1.807, 2.05) is 6.92 Å². The fourth-order valence-electron chi connectivity index (χ4n) is 2.50. The van der Waals surface area contributed by atoms with E-state index < -0.39 is 12.0 Å². The number of rotatable bonds is 6. The van der Waals surface area contributed by atoms with Crippen LogP contribution in [0.3, 0.4) is 0 Å². The van der Waals surface area contributed by atoms with Crippen molar-refractivity contribution in [3.8, 4) is 0 Å². The van der Waals surface area contributed by atoms with Crippen LogP contribution in [0.25, 0.3) is 0 Å². The molecule has 18 heavy (non-hydrogen) atoms. The van der Waals surface area contributed by atoms with Crippen LogP contribution in [-0.2, 0) is 9.59 Å². The summed E-state index contributed by atoms with van der Waals surface area (Å²) in [5.41, 5.74) is 0. The first-order valence-electron chi connectivity index (χ1n) is 7.18. The highest BCUT2D eigenvalue weighted by Crippen LogP contribution is 2.23. The van der Waals surface area contributed by atoms with Crippen LogP contribution < -0.4 is 5.32 Å². The molecular formula is C14H25NO3. The number of aliphatic carboxylic acids is 1. The molecule has 1 aliphatic carbocycles. The number of amides is 1. The monoisotopic (exact) mass is 255 g/mol. The fraction of sp³-hybridized carbons (Fsp3) is 0.857. The van der Waals surface area contributed by atoms with E-state index >= 15 is 0 Å². The van der Waals surface area contributed by atoms with Crippen molar-refractivity contribution in [3.63, 3.8) is 0 Å². The molecule has 0 aliphatic heterocycles. The van der Waals surface area contributed by atoms with Crippen molar-refractivity contribution in [1.82, 2.24) is 5.32 Å². The van der Waals surface area contributed by atoms with Crippen LogP contribution >= 0.6 is 0 Å². The van der Waals surface area contributed by atoms with Crippen LogP contribution in [0.5, 0.6) is 0 Å². The quantitative estimate of drug-likeness (QED) is 0.717. The van der Waals surface area contributed by atoms with Gasteiger partial charge in [-0.05, 0) is 19.3 Å². The van der Waals surface area contributed by atoms with Crippen LogP contribution in [0.15, 0.2) is 0 Å². The molecule has 1 saturated carbocycles. The molecule has 104 valence electrons. The largest absolute Gasteiger partial charge is 0.480 e. The number of carbonyl (C=O) groups excluding carboxylic acids is 1. The van der Waals surface area contributed by atoms with Crippen molar-refractivity contribution in [3.05, 3.63) is 0 Å². The van der Waals surface area contributed by atoms with E-state index in [-0.39, 0.29) is 11.8 Å². The highest BCUT2D eigenvalue weighted by Gasteiger charge is 2.25. The van der Waals surface area contributed by atoms with E-state index in [1.165, 1.54) is 12.8 Å². The Bertz CT molecular complexity index is 270. The number of carboxylic acids is 1. The number of unbranched alkanes of at least 4 members (excludes halogenated alkanes) is 1. The van der Waals surface area contributed by atoms with Crippen LogP contribution in [0.2, 0.25) is 0 Å². The van der Waals surface area contributed by atoms with Gasteiger partial charge in [-0.15, -0.1) is 0 Å². The summed E-state index contributed by atoms with van der Waals surface area (Å²) < 4.78 is 0. The van der Waals surface area contributed by atoms with Gasteiger partial charge in [-0.25, -0.2) is 4.79 Å². The molecule has 1 aliphatic rings. The average Bonchev–Trinajstić information content (AvgIpc) is 2.62. The zero-order valence-electron chi connectivity index (χ0n) is 11.3. The minimum atomic E-state index is -0.912. The Morgan fingerprint density at radius 2 is 1.83 bits per heavy atom. The third-order valence-electron chi connectivity index (χ3n) is 3.69. The van der Waals surface area contributed by atoms with Gasteiger partial charge in [0.1, 0.15) is 6.04 Å². The summed E-state index contributed by atoms with van der Waals surface area (Å²) in [7, 11) is 0. The van der Waals surface area contributed by atoms with E-state index in [2.05, 4.69) is 5.32 Å². The SMILES string of the molecule is CCCC[C@H](NC(=O)C1CCCCCC1)C(=O)O. The van der Waals surface area contributed by atoms with Crippen LogP contribution in [0, 0.1) is 5.92 Å². The lowest BCUT2D eigenvalue weighted by Gasteiger charge is -2.19. The molecule has 0 unspecified atom stereocenters. The van der Waals surface area contributed by atoms with Crippen LogP contribution in [0.1, 0.15) is 64.7 Å². The smallest absolute Gasteiger partial charge is 0.326 e. The summed E-state index contributed by atoms with van der Waals surface area (Å²) in [4.78, 5) is 23.1. The fourth-order valence-corrected chi connectivity index (χ4v) is 2.50. The summed E-state index contributed by atoms with van der Waals surface area (Å²) in [6, 6.07) is -0.708. The second-order valence-electron chi connectivity index (χ2n) is 5.23. The summed E-state index contributed by atoms with van der Waals surface area (Å²) in [5, 5.41) is 11.8. The molecule has 1 fully saturated rings. The molecule has 0 radical (unpaired) electrons. The van der Waals surface area contributed by atoms with Crippen molar-refractivity contribution < 1.29 is 14.7 Å². The number of carboxylic acid groups (broad SMARTS) is 1. The van der Waals surface area contributed by atoms with Gasteiger partial charge in [0, 0.05) is 5.92 Å². The van der Waals surface area contributed by atoms with Gasteiger partial charge in [-0.2, -0.15) is 0 Å². The first-order valence-corrected chi connectivity index (χ1v) is 7.18. The van der Waals surface area contributed by atoms with Gasteiger partial charge in [0.05, 0.1) is 0 Å². The number of nitrogens with one attached hydrogen (secondary N) is 1. The van der Waals surface area contributed by atoms with Crippen molar-refractivity contribution in [2.75, 3.05) is 0 Å². The summed E-state index contributed by atoms with van der Waals surface area (Å²) in [5.74, 6) is -0.943. The van der Waals surface area contributed by atoms with E-state index in [9.17, 15) is 9.59 Å². The van der Waals surface area contributed by atoms with Crippen molar-refractivity contribution in [2.45, 2.75) is 70.8 Å². The molecule has 4 nitrogen and oxygen atoms in total. The highest BCUT2D eigenvalue weighted by molar-refractivity contribution is 5.84. The molecule has 1 rings (SSSR count). The predicted octanol–water partition coefficient (Wildman–Crippen LogP) is 2.72. The summed E-state index contributed by atoms with van der Waals surface area (Å²) >= 11 is 0. The lowest BCUT2D eigenvalue weighted by atomic mass is 9.98. The lowest BCUT2D eigenvalue weighted by Crippen LogP contribution is -2.43. The highest BCUT2D eigenvalue weighted by atomic mass is 16.4. The molecule has 0 aromatic carbocycles. The van der Waals surface area contributed by atoms with Gasteiger partial charge in [-0.1, -0.05) is 45.4 Å². The maximum atomic E-state index is 12.1. The topological polar surface area (TPSA) is 66.4 Å². The van der Waals surface area contributed by atoms with Crippen molar-refractivity contribution in [2.24, 2.45) is 5.92 Å². The maximum Gasteiger partial charge on any atom is 0.326 e. The Morgan fingerprint density at radius 3 is 2.33 bits per heavy atom. The standard InChI is InChI=1S/C14H25NO3/c1-2-3-10-12(14(17)18)15-13(16)11-8-6-4-5-7-9-11/h11-12H,2-10H2,1H3,(H,15,16)(H,17,18)/t12-/m0/s1. The Kier molecular flexibility index (Phi) is 6.76. The van der Waals surface area contributed by atoms with Gasteiger partial charge in [0.2, 0.25) is 5.91 Å². The second kappa shape index (κ2) is 8.11. The van der Waals surface area contributed by atoms with E-state index in [0.717, 1.165) is 38.5 Å². The Labute approximate surface area is 109 Å². The van der Waals surface area contributed by atoms with Gasteiger partial charge < -0.3 is 10.4 Å². The van der Waals surface area contributed by atoms with Crippen molar-refractivity contribution >= 4 is 11.9 Å². The average molecular weight is 255 g/mol. The third-order valence-corrected chi connectivity index (χ3v) is 3.69. The molecule has 0 saturated heterocycles. The van der Waals surface area contributed by atoms with Crippen LogP contribution in [0.4, 0.5) is 0 Å². The molecule has 0 bridgehead atoms. The Morgan fingerprint density at radius 1 is 1.22 bits per heavy atom. The zero-order chi connectivity index (χ0) is 13.4. The molecule has 1 amide bonds.